The number of anilines is 3. The minimum Gasteiger partial charge on any atom is -0.493 e. The van der Waals surface area contributed by atoms with Crippen molar-refractivity contribution in [3.8, 4) is 5.75 Å². The molecule has 0 unspecified atom stereocenters. The molecule has 0 bridgehead atoms. The molecule has 0 fully saturated rings. The van der Waals surface area contributed by atoms with E-state index in [0.717, 1.165) is 11.3 Å². The summed E-state index contributed by atoms with van der Waals surface area (Å²) in [4.78, 5) is 24.7. The number of benzene rings is 2. The number of carbonyl (C=O) groups is 1. The minimum atomic E-state index is -0.488. The predicted molar refractivity (Wildman–Crippen MR) is 115 cm³/mol. The van der Waals surface area contributed by atoms with Crippen molar-refractivity contribution >= 4 is 23.6 Å². The van der Waals surface area contributed by atoms with Gasteiger partial charge in [0.05, 0.1) is 12.2 Å². The summed E-state index contributed by atoms with van der Waals surface area (Å²) < 4.78 is 10.9. The van der Waals surface area contributed by atoms with Crippen molar-refractivity contribution in [2.75, 3.05) is 17.7 Å². The van der Waals surface area contributed by atoms with E-state index in [0.29, 0.717) is 23.8 Å². The zero-order valence-corrected chi connectivity index (χ0v) is 17.3. The SMILES string of the molecule is Cc1ccc(Nc2nc(N)nc(COC(=O)c3ccc(OCC(C)C)cc3)n2)cc1. The molecule has 156 valence electrons. The summed E-state index contributed by atoms with van der Waals surface area (Å²) >= 11 is 0. The lowest BCUT2D eigenvalue weighted by atomic mass is 10.2. The smallest absolute Gasteiger partial charge is 0.338 e. The van der Waals surface area contributed by atoms with Crippen LogP contribution in [0.4, 0.5) is 17.6 Å². The number of nitrogens with two attached hydrogens (primary N) is 1. The van der Waals surface area contributed by atoms with Gasteiger partial charge < -0.3 is 20.5 Å². The highest BCUT2D eigenvalue weighted by atomic mass is 16.5. The molecule has 0 amide bonds. The summed E-state index contributed by atoms with van der Waals surface area (Å²) in [7, 11) is 0. The molecule has 0 radical (unpaired) electrons. The fourth-order valence-corrected chi connectivity index (χ4v) is 2.49. The third-order valence-electron chi connectivity index (χ3n) is 4.01. The van der Waals surface area contributed by atoms with E-state index in [1.807, 2.05) is 31.2 Å². The summed E-state index contributed by atoms with van der Waals surface area (Å²) in [6, 6.07) is 14.5. The summed E-state index contributed by atoms with van der Waals surface area (Å²) in [5.41, 5.74) is 8.13. The highest BCUT2D eigenvalue weighted by molar-refractivity contribution is 5.89. The van der Waals surface area contributed by atoms with Crippen molar-refractivity contribution in [2.24, 2.45) is 5.92 Å². The molecule has 1 heterocycles. The Morgan fingerprint density at radius 1 is 1.03 bits per heavy atom. The molecule has 8 heteroatoms. The molecule has 0 aliphatic carbocycles. The van der Waals surface area contributed by atoms with Gasteiger partial charge in [-0.1, -0.05) is 31.5 Å². The van der Waals surface area contributed by atoms with Gasteiger partial charge in [0.15, 0.2) is 12.4 Å². The van der Waals surface area contributed by atoms with Crippen LogP contribution in [0, 0.1) is 12.8 Å². The second-order valence-electron chi connectivity index (χ2n) is 7.23. The summed E-state index contributed by atoms with van der Waals surface area (Å²) in [6.07, 6.45) is 0. The molecular weight excluding hydrogens is 382 g/mol. The average molecular weight is 407 g/mol. The Kier molecular flexibility index (Phi) is 6.79. The van der Waals surface area contributed by atoms with Crippen molar-refractivity contribution in [2.45, 2.75) is 27.4 Å². The first kappa shape index (κ1) is 21.0. The van der Waals surface area contributed by atoms with Gasteiger partial charge in [0.25, 0.3) is 0 Å². The molecule has 3 rings (SSSR count). The number of carbonyl (C=O) groups excluding carboxylic acids is 1. The Hall–Kier alpha value is -3.68. The van der Waals surface area contributed by atoms with E-state index in [9.17, 15) is 4.79 Å². The molecule has 0 aliphatic rings. The van der Waals surface area contributed by atoms with Crippen molar-refractivity contribution in [1.82, 2.24) is 15.0 Å². The molecule has 0 saturated carbocycles. The monoisotopic (exact) mass is 407 g/mol. The van der Waals surface area contributed by atoms with E-state index in [-0.39, 0.29) is 24.3 Å². The normalized spacial score (nSPS) is 10.7. The Labute approximate surface area is 175 Å². The molecular formula is C22H25N5O3. The first-order chi connectivity index (χ1) is 14.4. The van der Waals surface area contributed by atoms with Crippen LogP contribution in [0.3, 0.4) is 0 Å². The number of aromatic nitrogens is 3. The van der Waals surface area contributed by atoms with Gasteiger partial charge in [-0.2, -0.15) is 15.0 Å². The van der Waals surface area contributed by atoms with Crippen molar-refractivity contribution in [3.63, 3.8) is 0 Å². The first-order valence-electron chi connectivity index (χ1n) is 9.63. The second-order valence-corrected chi connectivity index (χ2v) is 7.23. The average Bonchev–Trinajstić information content (AvgIpc) is 2.72. The minimum absolute atomic E-state index is 0.0392. The molecule has 3 aromatic rings. The molecule has 30 heavy (non-hydrogen) atoms. The van der Waals surface area contributed by atoms with Crippen LogP contribution in [0.15, 0.2) is 48.5 Å². The lowest BCUT2D eigenvalue weighted by molar-refractivity contribution is 0.0462. The van der Waals surface area contributed by atoms with Gasteiger partial charge in [-0.15, -0.1) is 0 Å². The van der Waals surface area contributed by atoms with Gasteiger partial charge in [-0.3, -0.25) is 0 Å². The van der Waals surface area contributed by atoms with Gasteiger partial charge in [-0.25, -0.2) is 4.79 Å². The Morgan fingerprint density at radius 2 is 1.73 bits per heavy atom. The highest BCUT2D eigenvalue weighted by Crippen LogP contribution is 2.16. The number of ether oxygens (including phenoxy) is 2. The van der Waals surface area contributed by atoms with E-state index >= 15 is 0 Å². The van der Waals surface area contributed by atoms with E-state index in [1.165, 1.54) is 0 Å². The summed E-state index contributed by atoms with van der Waals surface area (Å²) in [5, 5.41) is 3.06. The molecule has 8 nitrogen and oxygen atoms in total. The second kappa shape index (κ2) is 9.69. The Bertz CT molecular complexity index is 989. The van der Waals surface area contributed by atoms with Crippen LogP contribution in [-0.2, 0) is 11.3 Å². The van der Waals surface area contributed by atoms with Crippen LogP contribution >= 0.6 is 0 Å². The number of nitrogen functional groups attached to an aromatic ring is 1. The maximum Gasteiger partial charge on any atom is 0.338 e. The van der Waals surface area contributed by atoms with Crippen LogP contribution in [0.1, 0.15) is 35.6 Å². The number of nitrogens with zero attached hydrogens (tertiary/aromatic N) is 3. The van der Waals surface area contributed by atoms with E-state index in [2.05, 4.69) is 34.1 Å². The van der Waals surface area contributed by atoms with Crippen LogP contribution < -0.4 is 15.8 Å². The topological polar surface area (TPSA) is 112 Å². The lowest BCUT2D eigenvalue weighted by Gasteiger charge is -2.10. The summed E-state index contributed by atoms with van der Waals surface area (Å²) in [6.45, 7) is 6.63. The maximum atomic E-state index is 12.3. The molecule has 0 saturated heterocycles. The molecule has 0 spiro atoms. The number of esters is 1. The Morgan fingerprint density at radius 3 is 2.40 bits per heavy atom. The fourth-order valence-electron chi connectivity index (χ4n) is 2.49. The molecule has 0 aliphatic heterocycles. The van der Waals surface area contributed by atoms with Gasteiger partial charge in [-0.05, 0) is 49.2 Å². The number of hydrogen-bond acceptors (Lipinski definition) is 8. The fraction of sp³-hybridized carbons (Fsp3) is 0.273. The van der Waals surface area contributed by atoms with Crippen molar-refractivity contribution < 1.29 is 14.3 Å². The number of aryl methyl sites for hydroxylation is 1. The van der Waals surface area contributed by atoms with Crippen LogP contribution in [0.25, 0.3) is 0 Å². The van der Waals surface area contributed by atoms with Crippen LogP contribution in [0.2, 0.25) is 0 Å². The van der Waals surface area contributed by atoms with E-state index < -0.39 is 5.97 Å². The zero-order valence-electron chi connectivity index (χ0n) is 17.3. The summed E-state index contributed by atoms with van der Waals surface area (Å²) in [5.74, 6) is 1.21. The van der Waals surface area contributed by atoms with Crippen LogP contribution in [0.5, 0.6) is 5.75 Å². The largest absolute Gasteiger partial charge is 0.493 e. The van der Waals surface area contributed by atoms with Crippen LogP contribution in [-0.4, -0.2) is 27.5 Å². The molecule has 3 N–H and O–H groups in total. The molecule has 1 aromatic heterocycles. The quantitative estimate of drug-likeness (QED) is 0.541. The molecule has 2 aromatic carbocycles. The lowest BCUT2D eigenvalue weighted by Crippen LogP contribution is -2.11. The highest BCUT2D eigenvalue weighted by Gasteiger charge is 2.11. The zero-order chi connectivity index (χ0) is 21.5. The van der Waals surface area contributed by atoms with Gasteiger partial charge in [0.1, 0.15) is 5.75 Å². The van der Waals surface area contributed by atoms with Gasteiger partial charge in [0, 0.05) is 5.69 Å². The maximum absolute atomic E-state index is 12.3. The molecule has 0 atom stereocenters. The van der Waals surface area contributed by atoms with Gasteiger partial charge in [0.2, 0.25) is 11.9 Å². The van der Waals surface area contributed by atoms with Crippen molar-refractivity contribution in [1.29, 1.82) is 0 Å². The Balaban J connectivity index is 1.60. The number of nitrogens with one attached hydrogen (secondary N) is 1. The van der Waals surface area contributed by atoms with E-state index in [4.69, 9.17) is 15.2 Å². The predicted octanol–water partition coefficient (Wildman–Crippen LogP) is 3.90. The number of rotatable bonds is 8. The first-order valence-corrected chi connectivity index (χ1v) is 9.63. The third-order valence-corrected chi connectivity index (χ3v) is 4.01. The van der Waals surface area contributed by atoms with Crippen molar-refractivity contribution in [3.05, 3.63) is 65.5 Å². The standard InChI is InChI=1S/C22H25N5O3/c1-14(2)12-29-18-10-6-16(7-11-18)20(28)30-13-19-25-21(23)27-22(26-19)24-17-8-4-15(3)5-9-17/h4-11,14H,12-13H2,1-3H3,(H3,23,24,25,26,27). The van der Waals surface area contributed by atoms with E-state index in [1.54, 1.807) is 24.3 Å². The number of hydrogen-bond donors (Lipinski definition) is 2. The third kappa shape index (κ3) is 6.16. The van der Waals surface area contributed by atoms with Gasteiger partial charge >= 0.3 is 5.97 Å².